The number of hydrogen-bond donors (Lipinski definition) is 2. The highest BCUT2D eigenvalue weighted by Gasteiger charge is 2.11. The maximum absolute atomic E-state index is 12.1. The Bertz CT molecular complexity index is 934. The molecule has 0 radical (unpaired) electrons. The van der Waals surface area contributed by atoms with E-state index in [1.54, 1.807) is 4.57 Å². The Morgan fingerprint density at radius 2 is 2.00 bits per heavy atom. The van der Waals surface area contributed by atoms with E-state index in [1.807, 2.05) is 61.5 Å². The number of H-pyrrole nitrogens is 1. The molecule has 6 nitrogen and oxygen atoms in total. The largest absolute Gasteiger partial charge is 0.343 e. The Morgan fingerprint density at radius 1 is 1.19 bits per heavy atom. The third kappa shape index (κ3) is 4.86. The minimum Gasteiger partial charge on any atom is -0.325 e. The molecule has 0 fully saturated rings. The average Bonchev–Trinajstić information content (AvgIpc) is 2.99. The molecule has 7 heteroatoms. The van der Waals surface area contributed by atoms with Crippen molar-refractivity contribution < 1.29 is 4.79 Å². The van der Waals surface area contributed by atoms with Crippen molar-refractivity contribution in [2.75, 3.05) is 11.1 Å². The molecule has 0 atom stereocenters. The zero-order valence-corrected chi connectivity index (χ0v) is 15.3. The minimum atomic E-state index is -0.262. The Balaban J connectivity index is 1.58. The van der Waals surface area contributed by atoms with E-state index in [0.29, 0.717) is 11.7 Å². The minimum absolute atomic E-state index is 0.134. The van der Waals surface area contributed by atoms with E-state index in [1.165, 1.54) is 11.8 Å². The van der Waals surface area contributed by atoms with Gasteiger partial charge in [-0.2, -0.15) is 0 Å². The fourth-order valence-electron chi connectivity index (χ4n) is 2.55. The van der Waals surface area contributed by atoms with Gasteiger partial charge in [-0.15, -0.1) is 5.10 Å². The van der Waals surface area contributed by atoms with Gasteiger partial charge in [0.05, 0.1) is 5.75 Å². The van der Waals surface area contributed by atoms with Gasteiger partial charge >= 0.3 is 5.69 Å². The first kappa shape index (κ1) is 18.0. The summed E-state index contributed by atoms with van der Waals surface area (Å²) < 4.78 is 1.57. The standard InChI is InChI=1S/C19H20N4O2S/c1-14-6-5-9-16(12-14)20-17(24)13-26-19-22-21-18(25)23(19)11-10-15-7-3-2-4-8-15/h2-9,12H,10-11,13H2,1H3,(H,20,24)(H,21,25). The van der Waals surface area contributed by atoms with Gasteiger partial charge in [-0.05, 0) is 36.6 Å². The first-order valence-electron chi connectivity index (χ1n) is 8.30. The number of aromatic nitrogens is 3. The summed E-state index contributed by atoms with van der Waals surface area (Å²) in [5.74, 6) is 0.0504. The topological polar surface area (TPSA) is 79.8 Å². The van der Waals surface area contributed by atoms with E-state index < -0.39 is 0 Å². The molecule has 1 aromatic heterocycles. The number of nitrogens with one attached hydrogen (secondary N) is 2. The van der Waals surface area contributed by atoms with Gasteiger partial charge in [0, 0.05) is 12.2 Å². The lowest BCUT2D eigenvalue weighted by Crippen LogP contribution is -2.20. The molecule has 0 aliphatic heterocycles. The van der Waals surface area contributed by atoms with E-state index in [0.717, 1.165) is 23.2 Å². The lowest BCUT2D eigenvalue weighted by molar-refractivity contribution is -0.113. The smallest absolute Gasteiger partial charge is 0.325 e. The molecule has 1 amide bonds. The lowest BCUT2D eigenvalue weighted by Gasteiger charge is -2.07. The number of carbonyl (C=O) groups excluding carboxylic acids is 1. The van der Waals surface area contributed by atoms with Crippen molar-refractivity contribution in [1.82, 2.24) is 14.8 Å². The van der Waals surface area contributed by atoms with Crippen molar-refractivity contribution in [2.24, 2.45) is 0 Å². The number of aryl methyl sites for hydroxylation is 2. The number of carbonyl (C=O) groups is 1. The normalized spacial score (nSPS) is 10.7. The molecule has 1 heterocycles. The van der Waals surface area contributed by atoms with Gasteiger partial charge in [0.15, 0.2) is 5.16 Å². The van der Waals surface area contributed by atoms with Gasteiger partial charge in [0.1, 0.15) is 0 Å². The predicted octanol–water partition coefficient (Wildman–Crippen LogP) is 2.85. The number of amides is 1. The summed E-state index contributed by atoms with van der Waals surface area (Å²) >= 11 is 1.24. The van der Waals surface area contributed by atoms with Crippen LogP contribution in [0, 0.1) is 6.92 Å². The van der Waals surface area contributed by atoms with Crippen LogP contribution in [0.5, 0.6) is 0 Å². The molecular weight excluding hydrogens is 348 g/mol. The van der Waals surface area contributed by atoms with Crippen LogP contribution in [0.2, 0.25) is 0 Å². The molecule has 0 bridgehead atoms. The number of thioether (sulfide) groups is 1. The second-order valence-corrected chi connectivity index (χ2v) is 6.85. The van der Waals surface area contributed by atoms with Crippen molar-refractivity contribution in [1.29, 1.82) is 0 Å². The molecule has 3 aromatic rings. The van der Waals surface area contributed by atoms with Crippen LogP contribution in [0.15, 0.2) is 64.5 Å². The highest BCUT2D eigenvalue weighted by atomic mass is 32.2. The molecule has 26 heavy (non-hydrogen) atoms. The van der Waals surface area contributed by atoms with E-state index >= 15 is 0 Å². The summed E-state index contributed by atoms with van der Waals surface area (Å²) in [6, 6.07) is 17.6. The molecule has 0 aliphatic rings. The van der Waals surface area contributed by atoms with Crippen LogP contribution in [0.3, 0.4) is 0 Å². The van der Waals surface area contributed by atoms with Gasteiger partial charge in [0.25, 0.3) is 0 Å². The number of rotatable bonds is 7. The van der Waals surface area contributed by atoms with Crippen LogP contribution in [0.25, 0.3) is 0 Å². The van der Waals surface area contributed by atoms with Gasteiger partial charge in [0.2, 0.25) is 5.91 Å². The summed E-state index contributed by atoms with van der Waals surface area (Å²) in [5, 5.41) is 9.86. The maximum Gasteiger partial charge on any atom is 0.343 e. The summed E-state index contributed by atoms with van der Waals surface area (Å²) in [6.45, 7) is 2.49. The lowest BCUT2D eigenvalue weighted by atomic mass is 10.1. The molecule has 3 rings (SSSR count). The van der Waals surface area contributed by atoms with E-state index in [2.05, 4.69) is 15.5 Å². The van der Waals surface area contributed by atoms with Crippen molar-refractivity contribution in [2.45, 2.75) is 25.0 Å². The van der Waals surface area contributed by atoms with Crippen LogP contribution < -0.4 is 11.0 Å². The Hall–Kier alpha value is -2.80. The number of aromatic amines is 1. The zero-order valence-electron chi connectivity index (χ0n) is 14.4. The van der Waals surface area contributed by atoms with Gasteiger partial charge in [-0.1, -0.05) is 54.2 Å². The van der Waals surface area contributed by atoms with E-state index in [4.69, 9.17) is 0 Å². The predicted molar refractivity (Wildman–Crippen MR) is 104 cm³/mol. The zero-order chi connectivity index (χ0) is 18.4. The van der Waals surface area contributed by atoms with E-state index in [-0.39, 0.29) is 17.3 Å². The third-order valence-corrected chi connectivity index (χ3v) is 4.80. The maximum atomic E-state index is 12.1. The summed E-state index contributed by atoms with van der Waals surface area (Å²) in [4.78, 5) is 24.1. The molecule has 134 valence electrons. The SMILES string of the molecule is Cc1cccc(NC(=O)CSc2n[nH]c(=O)n2CCc2ccccc2)c1. The quantitative estimate of drug-likeness (QED) is 0.629. The molecule has 0 saturated heterocycles. The second-order valence-electron chi connectivity index (χ2n) is 5.90. The highest BCUT2D eigenvalue weighted by molar-refractivity contribution is 7.99. The van der Waals surface area contributed by atoms with Crippen molar-refractivity contribution in [3.8, 4) is 0 Å². The van der Waals surface area contributed by atoms with Crippen molar-refractivity contribution >= 4 is 23.4 Å². The van der Waals surface area contributed by atoms with E-state index in [9.17, 15) is 9.59 Å². The highest BCUT2D eigenvalue weighted by Crippen LogP contribution is 2.15. The molecule has 0 aliphatic carbocycles. The monoisotopic (exact) mass is 368 g/mol. The number of benzene rings is 2. The van der Waals surface area contributed by atoms with Crippen LogP contribution in [-0.4, -0.2) is 26.4 Å². The fraction of sp³-hybridized carbons (Fsp3) is 0.211. The number of anilines is 1. The van der Waals surface area contributed by atoms with Crippen LogP contribution in [0.4, 0.5) is 5.69 Å². The van der Waals surface area contributed by atoms with Crippen molar-refractivity contribution in [3.63, 3.8) is 0 Å². The molecule has 0 unspecified atom stereocenters. The van der Waals surface area contributed by atoms with Crippen molar-refractivity contribution in [3.05, 3.63) is 76.2 Å². The number of nitrogens with zero attached hydrogens (tertiary/aromatic N) is 2. The molecule has 2 aromatic carbocycles. The first-order chi connectivity index (χ1) is 12.6. The molecule has 0 saturated carbocycles. The third-order valence-electron chi connectivity index (χ3n) is 3.82. The molecule has 2 N–H and O–H groups in total. The Morgan fingerprint density at radius 3 is 2.77 bits per heavy atom. The molecular formula is C19H20N4O2S. The summed E-state index contributed by atoms with van der Waals surface area (Å²) in [5.41, 5.74) is 2.73. The van der Waals surface area contributed by atoms with Crippen LogP contribution in [-0.2, 0) is 17.8 Å². The summed E-state index contributed by atoms with van der Waals surface area (Å²) in [7, 11) is 0. The molecule has 0 spiro atoms. The number of hydrogen-bond acceptors (Lipinski definition) is 4. The van der Waals surface area contributed by atoms with Gasteiger partial charge in [-0.25, -0.2) is 9.89 Å². The van der Waals surface area contributed by atoms with Gasteiger partial charge in [-0.3, -0.25) is 9.36 Å². The average molecular weight is 368 g/mol. The van der Waals surface area contributed by atoms with Crippen LogP contribution in [0.1, 0.15) is 11.1 Å². The fourth-order valence-corrected chi connectivity index (χ4v) is 3.32. The second kappa shape index (κ2) is 8.53. The first-order valence-corrected chi connectivity index (χ1v) is 9.29. The summed E-state index contributed by atoms with van der Waals surface area (Å²) in [6.07, 6.45) is 0.726. The Kier molecular flexibility index (Phi) is 5.91. The van der Waals surface area contributed by atoms with Crippen LogP contribution >= 0.6 is 11.8 Å². The Labute approximate surface area is 155 Å². The van der Waals surface area contributed by atoms with Gasteiger partial charge < -0.3 is 5.32 Å².